The molecule has 0 N–H and O–H groups in total. The van der Waals surface area contributed by atoms with Gasteiger partial charge in [0.2, 0.25) is 0 Å². The van der Waals surface area contributed by atoms with Crippen molar-refractivity contribution in [2.24, 2.45) is 0 Å². The van der Waals surface area contributed by atoms with Gasteiger partial charge in [-0.25, -0.2) is 0 Å². The summed E-state index contributed by atoms with van der Waals surface area (Å²) in [5, 5.41) is 0. The molecule has 0 aromatic heterocycles. The predicted octanol–water partition coefficient (Wildman–Crippen LogP) is 1.80. The van der Waals surface area contributed by atoms with Crippen molar-refractivity contribution in [2.75, 3.05) is 0 Å². The molecule has 0 aliphatic heterocycles. The molecule has 0 aliphatic carbocycles. The zero-order chi connectivity index (χ0) is 0. The maximum Gasteiger partial charge on any atom is 0 e. The third kappa shape index (κ3) is 71.5. The summed E-state index contributed by atoms with van der Waals surface area (Å²) >= 11 is 0. The maximum atomic E-state index is 0. The molecule has 0 aromatic carbocycles. The normalized spacial score (nSPS) is 0. The molecule has 0 atom stereocenters. The summed E-state index contributed by atoms with van der Waals surface area (Å²) in [5.74, 6) is 0. The molecule has 0 aromatic rings. The molecule has 0 spiro atoms. The van der Waals surface area contributed by atoms with E-state index in [1.165, 1.54) is 0 Å². The molecule has 0 radical (unpaired) electrons. The molecule has 0 fully saturated rings. The summed E-state index contributed by atoms with van der Waals surface area (Å²) < 4.78 is 0. The first-order valence-corrected chi connectivity index (χ1v) is 0. The van der Waals surface area contributed by atoms with Crippen LogP contribution in [0.2, 0.25) is 0 Å². The second-order valence-corrected chi connectivity index (χ2v) is 0. The van der Waals surface area contributed by atoms with Crippen LogP contribution in [0.5, 0.6) is 0 Å². The molecule has 42 valence electrons. The Hall–Kier alpha value is 0.688. The average molecular weight is 255 g/mol. The van der Waals surface area contributed by atoms with Crippen LogP contribution >= 0.6 is 0 Å². The van der Waals surface area contributed by atoms with Crippen molar-refractivity contribution in [1.29, 1.82) is 0 Å². The Morgan fingerprint density at radius 1 is 0.400 bits per heavy atom. The first-order valence-electron chi connectivity index (χ1n) is 0. The van der Waals surface area contributed by atoms with E-state index in [0.717, 1.165) is 0 Å². The van der Waals surface area contributed by atoms with Crippen LogP contribution in [0.3, 0.4) is 0 Å². The van der Waals surface area contributed by atoms with Gasteiger partial charge in [0.1, 0.15) is 0 Å². The third-order valence-corrected chi connectivity index (χ3v) is 0. The van der Waals surface area contributed by atoms with Gasteiger partial charge in [-0.05, 0) is 0 Å². The molecule has 0 heterocycles. The Balaban J connectivity index is 0. The minimum atomic E-state index is 0. The van der Waals surface area contributed by atoms with Crippen LogP contribution in [0.25, 0.3) is 0 Å². The fraction of sp³-hybridized carbons (Fsp3) is 0. The molecule has 0 rings (SSSR count). The zero-order valence-corrected chi connectivity index (χ0v) is 6.59. The van der Waals surface area contributed by atoms with E-state index in [0.29, 0.717) is 0 Å². The van der Waals surface area contributed by atoms with Crippen LogP contribution in [0, 0.1) is 29.7 Å². The molecular formula is C4H12Pt-4. The summed E-state index contributed by atoms with van der Waals surface area (Å²) in [6, 6.07) is 0. The molecule has 0 nitrogen and oxygen atoms in total. The minimum Gasteiger partial charge on any atom is -0.358 e. The van der Waals surface area contributed by atoms with E-state index in [4.69, 9.17) is 0 Å². The van der Waals surface area contributed by atoms with E-state index in [9.17, 15) is 0 Å². The second kappa shape index (κ2) is 135. The van der Waals surface area contributed by atoms with Crippen LogP contribution in [-0.2, 0) is 21.1 Å². The van der Waals surface area contributed by atoms with Gasteiger partial charge in [-0.2, -0.15) is 0 Å². The molecule has 0 saturated heterocycles. The fourth-order valence-electron chi connectivity index (χ4n) is 0. The van der Waals surface area contributed by atoms with Crippen molar-refractivity contribution in [3.05, 3.63) is 29.7 Å². The summed E-state index contributed by atoms with van der Waals surface area (Å²) in [5.41, 5.74) is 0. The van der Waals surface area contributed by atoms with E-state index in [2.05, 4.69) is 0 Å². The van der Waals surface area contributed by atoms with Crippen LogP contribution < -0.4 is 0 Å². The molecule has 1 heteroatoms. The Labute approximate surface area is 51.2 Å². The molecule has 0 aliphatic rings. The van der Waals surface area contributed by atoms with Gasteiger partial charge in [-0.1, -0.05) is 0 Å². The van der Waals surface area contributed by atoms with Gasteiger partial charge in [-0.3, -0.25) is 0 Å². The Morgan fingerprint density at radius 2 is 0.400 bits per heavy atom. The Bertz CT molecular complexity index is 3.61. The van der Waals surface area contributed by atoms with Gasteiger partial charge in [0.05, 0.1) is 0 Å². The topological polar surface area (TPSA) is 0 Å². The zero-order valence-electron chi connectivity index (χ0n) is 4.32. The summed E-state index contributed by atoms with van der Waals surface area (Å²) in [6.45, 7) is 0. The van der Waals surface area contributed by atoms with E-state index >= 15 is 0 Å². The third-order valence-electron chi connectivity index (χ3n) is 0. The summed E-state index contributed by atoms with van der Waals surface area (Å²) in [7, 11) is 0. The van der Waals surface area contributed by atoms with Gasteiger partial charge in [0.25, 0.3) is 0 Å². The smallest absolute Gasteiger partial charge is 0 e. The molecule has 5 heavy (non-hydrogen) atoms. The molecular weight excluding hydrogens is 243 g/mol. The van der Waals surface area contributed by atoms with Gasteiger partial charge in [0, 0.05) is 21.1 Å². The van der Waals surface area contributed by atoms with Gasteiger partial charge >= 0.3 is 0 Å². The molecule has 0 amide bonds. The molecule has 0 saturated carbocycles. The van der Waals surface area contributed by atoms with Gasteiger partial charge in [-0.15, -0.1) is 0 Å². The second-order valence-electron chi connectivity index (χ2n) is 0. The van der Waals surface area contributed by atoms with E-state index in [-0.39, 0.29) is 50.8 Å². The van der Waals surface area contributed by atoms with Crippen LogP contribution in [0.15, 0.2) is 0 Å². The van der Waals surface area contributed by atoms with Crippen LogP contribution in [0.1, 0.15) is 0 Å². The van der Waals surface area contributed by atoms with Crippen LogP contribution in [-0.4, -0.2) is 0 Å². The number of hydrogen-bond donors (Lipinski definition) is 0. The molecule has 0 bridgehead atoms. The van der Waals surface area contributed by atoms with E-state index in [1.54, 1.807) is 0 Å². The van der Waals surface area contributed by atoms with Crippen molar-refractivity contribution in [3.63, 3.8) is 0 Å². The van der Waals surface area contributed by atoms with Crippen molar-refractivity contribution < 1.29 is 21.1 Å². The molecule has 0 unspecified atom stereocenters. The van der Waals surface area contributed by atoms with E-state index < -0.39 is 0 Å². The Kier molecular flexibility index (Phi) is 7110. The Morgan fingerprint density at radius 3 is 0.400 bits per heavy atom. The van der Waals surface area contributed by atoms with Gasteiger partial charge in [0.15, 0.2) is 0 Å². The largest absolute Gasteiger partial charge is 0.358 e. The number of hydrogen-bond acceptors (Lipinski definition) is 0. The SMILES string of the molecule is [CH3-].[CH3-].[CH3-].[CH3-].[Pt]. The van der Waals surface area contributed by atoms with Crippen LogP contribution in [0.4, 0.5) is 0 Å². The average Bonchev–Trinajstić information content (AvgIpc) is 0. The van der Waals surface area contributed by atoms with E-state index in [1.807, 2.05) is 0 Å². The van der Waals surface area contributed by atoms with Crippen molar-refractivity contribution >= 4 is 0 Å². The summed E-state index contributed by atoms with van der Waals surface area (Å²) in [4.78, 5) is 0. The quantitative estimate of drug-likeness (QED) is 0.579. The standard InChI is InChI=1S/4CH3.Pt/h4*1H3;/q4*-1;. The number of rotatable bonds is 0. The van der Waals surface area contributed by atoms with Crippen molar-refractivity contribution in [1.82, 2.24) is 0 Å². The predicted molar refractivity (Wildman–Crippen MR) is 25.7 cm³/mol. The minimum absolute atomic E-state index is 0. The van der Waals surface area contributed by atoms with Crippen molar-refractivity contribution in [3.8, 4) is 0 Å². The maximum absolute atomic E-state index is 0. The first-order chi connectivity index (χ1) is 0. The summed E-state index contributed by atoms with van der Waals surface area (Å²) in [6.07, 6.45) is 0. The van der Waals surface area contributed by atoms with Crippen molar-refractivity contribution in [2.45, 2.75) is 0 Å². The van der Waals surface area contributed by atoms with Gasteiger partial charge < -0.3 is 29.7 Å². The first kappa shape index (κ1) is 264. The monoisotopic (exact) mass is 255 g/mol. The fourth-order valence-corrected chi connectivity index (χ4v) is 0.